The first-order chi connectivity index (χ1) is 17.6. The standard InChI is InChI=1S/C28H33N5O3/c1-36-24-10-8-21(9-11-24)25-20-26(30-29-25)31-14-5-15-32(19-18-31)28(35)23-12-16-33(17-13-23)27(34)22-6-3-2-4-7-22/h2-4,6-11,20,23H,5,12-19H2,1H3,(H,29,30). The van der Waals surface area contributed by atoms with Crippen LogP contribution in [0.3, 0.4) is 0 Å². The van der Waals surface area contributed by atoms with Crippen LogP contribution < -0.4 is 9.64 Å². The summed E-state index contributed by atoms with van der Waals surface area (Å²) < 4.78 is 5.24. The molecule has 3 aromatic rings. The molecule has 2 amide bonds. The summed E-state index contributed by atoms with van der Waals surface area (Å²) in [7, 11) is 1.66. The van der Waals surface area contributed by atoms with E-state index in [0.717, 1.165) is 61.7 Å². The predicted molar refractivity (Wildman–Crippen MR) is 139 cm³/mol. The van der Waals surface area contributed by atoms with Gasteiger partial charge >= 0.3 is 0 Å². The largest absolute Gasteiger partial charge is 0.497 e. The van der Waals surface area contributed by atoms with Crippen molar-refractivity contribution < 1.29 is 14.3 Å². The fraction of sp³-hybridized carbons (Fsp3) is 0.393. The zero-order chi connectivity index (χ0) is 24.9. The molecule has 1 aromatic heterocycles. The maximum Gasteiger partial charge on any atom is 0.253 e. The molecular weight excluding hydrogens is 454 g/mol. The number of anilines is 1. The summed E-state index contributed by atoms with van der Waals surface area (Å²) in [6, 6.07) is 19.3. The van der Waals surface area contributed by atoms with Crippen molar-refractivity contribution in [1.29, 1.82) is 0 Å². The second-order valence-corrected chi connectivity index (χ2v) is 9.47. The topological polar surface area (TPSA) is 81.8 Å². The maximum absolute atomic E-state index is 13.3. The monoisotopic (exact) mass is 487 g/mol. The smallest absolute Gasteiger partial charge is 0.253 e. The van der Waals surface area contributed by atoms with Crippen LogP contribution in [0, 0.1) is 5.92 Å². The van der Waals surface area contributed by atoms with E-state index in [2.05, 4.69) is 21.2 Å². The van der Waals surface area contributed by atoms with E-state index >= 15 is 0 Å². The van der Waals surface area contributed by atoms with Gasteiger partial charge < -0.3 is 19.4 Å². The van der Waals surface area contributed by atoms with Crippen LogP contribution in [0.5, 0.6) is 5.75 Å². The molecule has 2 aromatic carbocycles. The highest BCUT2D eigenvalue weighted by Crippen LogP contribution is 2.26. The molecule has 8 nitrogen and oxygen atoms in total. The number of carbonyl (C=O) groups is 2. The van der Waals surface area contributed by atoms with E-state index in [4.69, 9.17) is 4.74 Å². The molecule has 2 aliphatic heterocycles. The van der Waals surface area contributed by atoms with Crippen molar-refractivity contribution in [2.45, 2.75) is 19.3 Å². The SMILES string of the molecule is COc1ccc(-c2cc(N3CCCN(C(=O)C4CCN(C(=O)c5ccccc5)CC4)CC3)n[nH]2)cc1. The first-order valence-electron chi connectivity index (χ1n) is 12.7. The number of rotatable bonds is 5. The number of nitrogens with one attached hydrogen (secondary N) is 1. The van der Waals surface area contributed by atoms with Gasteiger partial charge in [0.15, 0.2) is 5.82 Å². The highest BCUT2D eigenvalue weighted by atomic mass is 16.5. The molecule has 5 rings (SSSR count). The van der Waals surface area contributed by atoms with Crippen molar-refractivity contribution in [3.63, 3.8) is 0 Å². The summed E-state index contributed by atoms with van der Waals surface area (Å²) in [5, 5.41) is 7.68. The first-order valence-corrected chi connectivity index (χ1v) is 12.7. The van der Waals surface area contributed by atoms with Crippen LogP contribution >= 0.6 is 0 Å². The summed E-state index contributed by atoms with van der Waals surface area (Å²) in [6.45, 7) is 4.32. The van der Waals surface area contributed by atoms with Crippen molar-refractivity contribution in [2.24, 2.45) is 5.92 Å². The van der Waals surface area contributed by atoms with Gasteiger partial charge in [-0.3, -0.25) is 14.7 Å². The Morgan fingerprint density at radius 2 is 1.64 bits per heavy atom. The van der Waals surface area contributed by atoms with Crippen LogP contribution in [0.1, 0.15) is 29.6 Å². The van der Waals surface area contributed by atoms with E-state index in [1.807, 2.05) is 64.4 Å². The van der Waals surface area contributed by atoms with Crippen LogP contribution in [-0.4, -0.2) is 78.2 Å². The molecule has 188 valence electrons. The number of aromatic nitrogens is 2. The molecule has 0 radical (unpaired) electrons. The van der Waals surface area contributed by atoms with Gasteiger partial charge in [-0.05, 0) is 61.2 Å². The van der Waals surface area contributed by atoms with Gasteiger partial charge in [-0.15, -0.1) is 0 Å². The Labute approximate surface area is 211 Å². The molecule has 2 saturated heterocycles. The molecule has 36 heavy (non-hydrogen) atoms. The molecule has 3 heterocycles. The first kappa shape index (κ1) is 23.9. The maximum atomic E-state index is 13.3. The number of methoxy groups -OCH3 is 1. The van der Waals surface area contributed by atoms with Gasteiger partial charge in [0.1, 0.15) is 5.75 Å². The second-order valence-electron chi connectivity index (χ2n) is 9.47. The number of carbonyl (C=O) groups excluding carboxylic acids is 2. The molecule has 2 fully saturated rings. The van der Waals surface area contributed by atoms with Gasteiger partial charge in [0, 0.05) is 56.8 Å². The number of hydrogen-bond acceptors (Lipinski definition) is 5. The summed E-state index contributed by atoms with van der Waals surface area (Å²) >= 11 is 0. The minimum absolute atomic E-state index is 0.0107. The Hall–Kier alpha value is -3.81. The molecule has 2 aliphatic rings. The minimum Gasteiger partial charge on any atom is -0.497 e. The third kappa shape index (κ3) is 5.22. The number of hydrogen-bond donors (Lipinski definition) is 1. The predicted octanol–water partition coefficient (Wildman–Crippen LogP) is 3.68. The van der Waals surface area contributed by atoms with Crippen molar-refractivity contribution >= 4 is 17.6 Å². The molecule has 0 spiro atoms. The molecule has 1 N–H and O–H groups in total. The number of aromatic amines is 1. The Bertz CT molecular complexity index is 1170. The highest BCUT2D eigenvalue weighted by Gasteiger charge is 2.31. The van der Waals surface area contributed by atoms with Gasteiger partial charge in [-0.1, -0.05) is 18.2 Å². The lowest BCUT2D eigenvalue weighted by Gasteiger charge is -2.34. The highest BCUT2D eigenvalue weighted by molar-refractivity contribution is 5.94. The van der Waals surface area contributed by atoms with Gasteiger partial charge in [0.05, 0.1) is 12.8 Å². The van der Waals surface area contributed by atoms with E-state index in [9.17, 15) is 9.59 Å². The van der Waals surface area contributed by atoms with E-state index in [-0.39, 0.29) is 17.7 Å². The number of amides is 2. The number of piperidine rings is 1. The summed E-state index contributed by atoms with van der Waals surface area (Å²) in [6.07, 6.45) is 2.35. The Balaban J connectivity index is 1.14. The zero-order valence-electron chi connectivity index (χ0n) is 20.7. The molecular formula is C28H33N5O3. The molecule has 0 aliphatic carbocycles. The van der Waals surface area contributed by atoms with Gasteiger partial charge in [0.2, 0.25) is 5.91 Å². The van der Waals surface area contributed by atoms with Crippen molar-refractivity contribution in [3.8, 4) is 17.0 Å². The fourth-order valence-electron chi connectivity index (χ4n) is 5.11. The molecule has 8 heteroatoms. The number of ether oxygens (including phenoxy) is 1. The average molecular weight is 488 g/mol. The summed E-state index contributed by atoms with van der Waals surface area (Å²) in [5.41, 5.74) is 2.73. The number of likely N-dealkylation sites (tertiary alicyclic amines) is 1. The average Bonchev–Trinajstić information content (AvgIpc) is 3.31. The van der Waals surface area contributed by atoms with Crippen LogP contribution in [0.25, 0.3) is 11.3 Å². The zero-order valence-corrected chi connectivity index (χ0v) is 20.7. The van der Waals surface area contributed by atoms with Crippen LogP contribution in [0.4, 0.5) is 5.82 Å². The quantitative estimate of drug-likeness (QED) is 0.594. The second kappa shape index (κ2) is 10.8. The lowest BCUT2D eigenvalue weighted by molar-refractivity contribution is -0.136. The Kier molecular flexibility index (Phi) is 7.21. The van der Waals surface area contributed by atoms with E-state index < -0.39 is 0 Å². The van der Waals surface area contributed by atoms with Gasteiger partial charge in [-0.25, -0.2) is 0 Å². The number of nitrogens with zero attached hydrogens (tertiary/aromatic N) is 4. The lowest BCUT2D eigenvalue weighted by atomic mass is 9.94. The van der Waals surface area contributed by atoms with Crippen molar-refractivity contribution in [1.82, 2.24) is 20.0 Å². The number of H-pyrrole nitrogens is 1. The summed E-state index contributed by atoms with van der Waals surface area (Å²) in [5.74, 6) is 2.00. The van der Waals surface area contributed by atoms with Crippen molar-refractivity contribution in [2.75, 3.05) is 51.3 Å². The van der Waals surface area contributed by atoms with Crippen molar-refractivity contribution in [3.05, 3.63) is 66.2 Å². The van der Waals surface area contributed by atoms with Crippen LogP contribution in [0.15, 0.2) is 60.7 Å². The molecule has 0 atom stereocenters. The summed E-state index contributed by atoms with van der Waals surface area (Å²) in [4.78, 5) is 32.2. The number of benzene rings is 2. The van der Waals surface area contributed by atoms with Gasteiger partial charge in [-0.2, -0.15) is 5.10 Å². The molecule has 0 unspecified atom stereocenters. The fourth-order valence-corrected chi connectivity index (χ4v) is 5.11. The third-order valence-electron chi connectivity index (χ3n) is 7.25. The normalized spacial score (nSPS) is 17.1. The van der Waals surface area contributed by atoms with E-state index in [1.165, 1.54) is 0 Å². The Morgan fingerprint density at radius 1 is 0.889 bits per heavy atom. The van der Waals surface area contributed by atoms with E-state index in [0.29, 0.717) is 25.2 Å². The van der Waals surface area contributed by atoms with Gasteiger partial charge in [0.25, 0.3) is 5.91 Å². The van der Waals surface area contributed by atoms with Crippen LogP contribution in [-0.2, 0) is 4.79 Å². The minimum atomic E-state index is -0.0107. The third-order valence-corrected chi connectivity index (χ3v) is 7.25. The molecule has 0 bridgehead atoms. The molecule has 0 saturated carbocycles. The van der Waals surface area contributed by atoms with Crippen LogP contribution in [0.2, 0.25) is 0 Å². The Morgan fingerprint density at radius 3 is 2.36 bits per heavy atom. The van der Waals surface area contributed by atoms with E-state index in [1.54, 1.807) is 7.11 Å². The lowest BCUT2D eigenvalue weighted by Crippen LogP contribution is -2.45.